The lowest BCUT2D eigenvalue weighted by Crippen LogP contribution is -2.34. The number of rotatable bonds is 8. The van der Waals surface area contributed by atoms with Crippen molar-refractivity contribution in [2.75, 3.05) is 0 Å². The molecule has 0 amide bonds. The Hall–Kier alpha value is -2.34. The molecule has 3 rings (SSSR count). The zero-order valence-corrected chi connectivity index (χ0v) is 16.3. The SMILES string of the molecule is Cl.Cl.N[C@@H](Cc1cnc[nH]1)C(=O)Cc1ccc(OCc2ccccc2)cc1. The Kier molecular flexibility index (Phi) is 9.58. The van der Waals surface area contributed by atoms with E-state index in [0.29, 0.717) is 19.4 Å². The molecule has 0 fully saturated rings. The minimum Gasteiger partial charge on any atom is -0.489 e. The number of nitrogens with one attached hydrogen (secondary N) is 1. The van der Waals surface area contributed by atoms with E-state index in [1.54, 1.807) is 12.5 Å². The Balaban J connectivity index is 0.00000182. The zero-order valence-electron chi connectivity index (χ0n) is 14.7. The van der Waals surface area contributed by atoms with E-state index in [0.717, 1.165) is 22.6 Å². The van der Waals surface area contributed by atoms with Crippen LogP contribution in [0.25, 0.3) is 0 Å². The summed E-state index contributed by atoms with van der Waals surface area (Å²) in [6, 6.07) is 17.0. The van der Waals surface area contributed by atoms with E-state index >= 15 is 0 Å². The number of aromatic nitrogens is 2. The number of hydrogen-bond donors (Lipinski definition) is 2. The van der Waals surface area contributed by atoms with Crippen LogP contribution in [0.1, 0.15) is 16.8 Å². The number of ketones is 1. The molecular formula is C20H23Cl2N3O2. The molecular weight excluding hydrogens is 385 g/mol. The molecule has 0 saturated carbocycles. The van der Waals surface area contributed by atoms with E-state index in [2.05, 4.69) is 9.97 Å². The molecule has 0 aliphatic rings. The highest BCUT2D eigenvalue weighted by atomic mass is 35.5. The molecule has 3 N–H and O–H groups in total. The maximum absolute atomic E-state index is 12.2. The third-order valence-corrected chi connectivity index (χ3v) is 3.96. The summed E-state index contributed by atoms with van der Waals surface area (Å²) < 4.78 is 5.75. The van der Waals surface area contributed by atoms with Crippen molar-refractivity contribution >= 4 is 30.6 Å². The molecule has 27 heavy (non-hydrogen) atoms. The van der Waals surface area contributed by atoms with E-state index in [4.69, 9.17) is 10.5 Å². The van der Waals surface area contributed by atoms with Gasteiger partial charge in [-0.1, -0.05) is 42.5 Å². The smallest absolute Gasteiger partial charge is 0.154 e. The summed E-state index contributed by atoms with van der Waals surface area (Å²) >= 11 is 0. The highest BCUT2D eigenvalue weighted by Crippen LogP contribution is 2.15. The monoisotopic (exact) mass is 407 g/mol. The van der Waals surface area contributed by atoms with Crippen LogP contribution in [0.15, 0.2) is 67.1 Å². The predicted molar refractivity (Wildman–Crippen MR) is 111 cm³/mol. The van der Waals surface area contributed by atoms with Crippen LogP contribution >= 0.6 is 24.8 Å². The van der Waals surface area contributed by atoms with Gasteiger partial charge in [-0.2, -0.15) is 0 Å². The van der Waals surface area contributed by atoms with Crippen LogP contribution in [-0.2, 0) is 24.2 Å². The van der Waals surface area contributed by atoms with Gasteiger partial charge in [-0.25, -0.2) is 4.98 Å². The number of hydrogen-bond acceptors (Lipinski definition) is 4. The molecule has 144 valence electrons. The van der Waals surface area contributed by atoms with Gasteiger partial charge in [-0.3, -0.25) is 4.79 Å². The second kappa shape index (κ2) is 11.4. The van der Waals surface area contributed by atoms with Crippen molar-refractivity contribution in [1.29, 1.82) is 0 Å². The first kappa shape index (κ1) is 22.7. The Morgan fingerprint density at radius 1 is 1.04 bits per heavy atom. The van der Waals surface area contributed by atoms with Gasteiger partial charge in [0.25, 0.3) is 0 Å². The number of nitrogens with zero attached hydrogens (tertiary/aromatic N) is 1. The van der Waals surface area contributed by atoms with Crippen molar-refractivity contribution in [2.45, 2.75) is 25.5 Å². The average Bonchev–Trinajstić information content (AvgIpc) is 3.15. The first-order chi connectivity index (χ1) is 12.2. The summed E-state index contributed by atoms with van der Waals surface area (Å²) in [5, 5.41) is 0. The van der Waals surface area contributed by atoms with Gasteiger partial charge in [0, 0.05) is 24.7 Å². The van der Waals surface area contributed by atoms with Crippen LogP contribution in [0.3, 0.4) is 0 Å². The van der Waals surface area contributed by atoms with Crippen LogP contribution in [0.2, 0.25) is 0 Å². The minimum atomic E-state index is -0.533. The fourth-order valence-corrected chi connectivity index (χ4v) is 2.52. The molecule has 3 aromatic rings. The number of H-pyrrole nitrogens is 1. The standard InChI is InChI=1S/C20H21N3O2.2ClH/c21-19(11-17-12-22-14-23-17)20(24)10-15-6-8-18(9-7-15)25-13-16-4-2-1-3-5-16;;/h1-9,12,14,19H,10-11,13,21H2,(H,22,23);2*1H/t19-;;/m0../s1. The maximum Gasteiger partial charge on any atom is 0.154 e. The molecule has 1 aromatic heterocycles. The number of carbonyl (C=O) groups excluding carboxylic acids is 1. The number of aromatic amines is 1. The summed E-state index contributed by atoms with van der Waals surface area (Å²) in [6.45, 7) is 0.522. The van der Waals surface area contributed by atoms with E-state index in [9.17, 15) is 4.79 Å². The Morgan fingerprint density at radius 2 is 1.74 bits per heavy atom. The third kappa shape index (κ3) is 7.06. The van der Waals surface area contributed by atoms with Gasteiger partial charge in [0.15, 0.2) is 5.78 Å². The quantitative estimate of drug-likeness (QED) is 0.598. The fraction of sp³-hybridized carbons (Fsp3) is 0.200. The van der Waals surface area contributed by atoms with E-state index < -0.39 is 6.04 Å². The molecule has 2 aromatic carbocycles. The number of imidazole rings is 1. The molecule has 0 aliphatic carbocycles. The first-order valence-corrected chi connectivity index (χ1v) is 8.22. The van der Waals surface area contributed by atoms with Crippen molar-refractivity contribution in [3.8, 4) is 5.75 Å². The van der Waals surface area contributed by atoms with Crippen LogP contribution < -0.4 is 10.5 Å². The second-order valence-electron chi connectivity index (χ2n) is 5.95. The van der Waals surface area contributed by atoms with Gasteiger partial charge in [0.05, 0.1) is 12.4 Å². The van der Waals surface area contributed by atoms with Crippen molar-refractivity contribution in [3.63, 3.8) is 0 Å². The topological polar surface area (TPSA) is 81.0 Å². The van der Waals surface area contributed by atoms with Gasteiger partial charge >= 0.3 is 0 Å². The molecule has 7 heteroatoms. The Labute approximate surface area is 171 Å². The van der Waals surface area contributed by atoms with E-state index in [1.807, 2.05) is 54.6 Å². The van der Waals surface area contributed by atoms with Crippen LogP contribution in [0, 0.1) is 0 Å². The van der Waals surface area contributed by atoms with Crippen LogP contribution in [0.4, 0.5) is 0 Å². The molecule has 1 atom stereocenters. The Morgan fingerprint density at radius 3 is 2.37 bits per heavy atom. The molecule has 0 spiro atoms. The number of nitrogens with two attached hydrogens (primary N) is 1. The minimum absolute atomic E-state index is 0. The van der Waals surface area contributed by atoms with Crippen LogP contribution in [0.5, 0.6) is 5.75 Å². The first-order valence-electron chi connectivity index (χ1n) is 8.22. The third-order valence-electron chi connectivity index (χ3n) is 3.96. The maximum atomic E-state index is 12.2. The summed E-state index contributed by atoms with van der Waals surface area (Å²) in [4.78, 5) is 19.1. The average molecular weight is 408 g/mol. The van der Waals surface area contributed by atoms with E-state index in [-0.39, 0.29) is 30.6 Å². The largest absolute Gasteiger partial charge is 0.489 e. The predicted octanol–water partition coefficient (Wildman–Crippen LogP) is 3.51. The molecule has 0 unspecified atom stereocenters. The normalized spacial score (nSPS) is 11.0. The molecule has 0 bridgehead atoms. The summed E-state index contributed by atoms with van der Waals surface area (Å²) in [5.74, 6) is 0.786. The van der Waals surface area contributed by atoms with Gasteiger partial charge < -0.3 is 15.5 Å². The highest BCUT2D eigenvalue weighted by Gasteiger charge is 2.15. The summed E-state index contributed by atoms with van der Waals surface area (Å²) in [7, 11) is 0. The summed E-state index contributed by atoms with van der Waals surface area (Å²) in [6.07, 6.45) is 4.05. The van der Waals surface area contributed by atoms with Crippen molar-refractivity contribution < 1.29 is 9.53 Å². The number of benzene rings is 2. The van der Waals surface area contributed by atoms with E-state index in [1.165, 1.54) is 0 Å². The number of Topliss-reactive ketones (excluding diaryl/α,β-unsaturated/α-hetero) is 1. The van der Waals surface area contributed by atoms with Crippen molar-refractivity contribution in [2.24, 2.45) is 5.73 Å². The zero-order chi connectivity index (χ0) is 17.5. The molecule has 1 heterocycles. The van der Waals surface area contributed by atoms with Gasteiger partial charge in [-0.15, -0.1) is 24.8 Å². The summed E-state index contributed by atoms with van der Waals surface area (Å²) in [5.41, 5.74) is 8.89. The fourth-order valence-electron chi connectivity index (χ4n) is 2.52. The molecule has 5 nitrogen and oxygen atoms in total. The molecule has 0 saturated heterocycles. The van der Waals surface area contributed by atoms with Crippen molar-refractivity contribution in [3.05, 3.63) is 83.9 Å². The highest BCUT2D eigenvalue weighted by molar-refractivity contribution is 5.86. The van der Waals surface area contributed by atoms with Crippen molar-refractivity contribution in [1.82, 2.24) is 9.97 Å². The number of carbonyl (C=O) groups is 1. The van der Waals surface area contributed by atoms with Gasteiger partial charge in [-0.05, 0) is 23.3 Å². The lowest BCUT2D eigenvalue weighted by Gasteiger charge is -2.10. The van der Waals surface area contributed by atoms with Crippen LogP contribution in [-0.4, -0.2) is 21.8 Å². The molecule has 0 radical (unpaired) electrons. The lowest BCUT2D eigenvalue weighted by molar-refractivity contribution is -0.119. The Bertz CT molecular complexity index is 794. The lowest BCUT2D eigenvalue weighted by atomic mass is 10.0. The van der Waals surface area contributed by atoms with Gasteiger partial charge in [0.2, 0.25) is 0 Å². The number of ether oxygens (including phenoxy) is 1. The van der Waals surface area contributed by atoms with Gasteiger partial charge in [0.1, 0.15) is 12.4 Å². The second-order valence-corrected chi connectivity index (χ2v) is 5.95. The number of halogens is 2. The molecule has 0 aliphatic heterocycles.